The Hall–Kier alpha value is -2.01. The second-order valence-electron chi connectivity index (χ2n) is 4.89. The van der Waals surface area contributed by atoms with Crippen molar-refractivity contribution in [2.24, 2.45) is 5.73 Å². The SMILES string of the molecule is NCCC(=O)NC1C(O)C(CO)OC1n1ccc(=O)[nH]c1=O. The lowest BCUT2D eigenvalue weighted by molar-refractivity contribution is -0.123. The van der Waals surface area contributed by atoms with Crippen LogP contribution in [0, 0.1) is 0 Å². The number of aliphatic hydroxyl groups is 2. The zero-order valence-corrected chi connectivity index (χ0v) is 11.6. The average Bonchev–Trinajstić information content (AvgIpc) is 2.76. The molecule has 6 N–H and O–H groups in total. The van der Waals surface area contributed by atoms with Crippen LogP contribution >= 0.6 is 0 Å². The molecule has 1 aromatic heterocycles. The molecule has 0 spiro atoms. The Morgan fingerprint density at radius 2 is 2.23 bits per heavy atom. The first-order valence-corrected chi connectivity index (χ1v) is 6.73. The lowest BCUT2D eigenvalue weighted by Crippen LogP contribution is -2.48. The van der Waals surface area contributed by atoms with Gasteiger partial charge in [0.1, 0.15) is 18.2 Å². The predicted octanol–water partition coefficient (Wildman–Crippen LogP) is -3.38. The number of carbonyl (C=O) groups excluding carboxylic acids is 1. The lowest BCUT2D eigenvalue weighted by Gasteiger charge is -2.22. The summed E-state index contributed by atoms with van der Waals surface area (Å²) in [6.45, 7) is -0.360. The maximum atomic E-state index is 11.8. The molecular formula is C12H18N4O6. The fraction of sp³-hybridized carbons (Fsp3) is 0.583. The highest BCUT2D eigenvalue weighted by atomic mass is 16.5. The number of nitrogens with two attached hydrogens (primary N) is 1. The summed E-state index contributed by atoms with van der Waals surface area (Å²) in [5.41, 5.74) is 3.96. The van der Waals surface area contributed by atoms with Crippen molar-refractivity contribution in [2.75, 3.05) is 13.2 Å². The lowest BCUT2D eigenvalue weighted by atomic mass is 10.1. The molecule has 4 atom stereocenters. The van der Waals surface area contributed by atoms with Crippen molar-refractivity contribution in [1.82, 2.24) is 14.9 Å². The molecule has 1 fully saturated rings. The third kappa shape index (κ3) is 3.25. The number of H-pyrrole nitrogens is 1. The van der Waals surface area contributed by atoms with Crippen molar-refractivity contribution in [2.45, 2.75) is 30.9 Å². The quantitative estimate of drug-likeness (QED) is 0.379. The number of amides is 1. The summed E-state index contributed by atoms with van der Waals surface area (Å²) in [6.07, 6.45) is -2.00. The van der Waals surface area contributed by atoms with E-state index in [0.29, 0.717) is 0 Å². The first kappa shape index (κ1) is 16.4. The van der Waals surface area contributed by atoms with E-state index in [-0.39, 0.29) is 13.0 Å². The van der Waals surface area contributed by atoms with E-state index in [4.69, 9.17) is 10.5 Å². The van der Waals surface area contributed by atoms with Gasteiger partial charge in [-0.3, -0.25) is 19.1 Å². The van der Waals surface area contributed by atoms with Crippen molar-refractivity contribution < 1.29 is 19.7 Å². The van der Waals surface area contributed by atoms with Crippen LogP contribution in [0.25, 0.3) is 0 Å². The molecule has 122 valence electrons. The molecule has 0 saturated carbocycles. The molecule has 10 nitrogen and oxygen atoms in total. The van der Waals surface area contributed by atoms with Crippen LogP contribution in [0.4, 0.5) is 0 Å². The second-order valence-corrected chi connectivity index (χ2v) is 4.89. The van der Waals surface area contributed by atoms with E-state index in [1.165, 1.54) is 6.20 Å². The molecule has 2 rings (SSSR count). The highest BCUT2D eigenvalue weighted by Gasteiger charge is 2.45. The smallest absolute Gasteiger partial charge is 0.330 e. The highest BCUT2D eigenvalue weighted by Crippen LogP contribution is 2.28. The summed E-state index contributed by atoms with van der Waals surface area (Å²) in [6, 6.07) is 0.155. The Labute approximate surface area is 124 Å². The summed E-state index contributed by atoms with van der Waals surface area (Å²) < 4.78 is 6.45. The third-order valence-electron chi connectivity index (χ3n) is 3.37. The van der Waals surface area contributed by atoms with Crippen LogP contribution < -0.4 is 22.3 Å². The summed E-state index contributed by atoms with van der Waals surface area (Å²) in [5.74, 6) is -0.420. The number of ether oxygens (including phenoxy) is 1. The van der Waals surface area contributed by atoms with Crippen LogP contribution in [0.5, 0.6) is 0 Å². The van der Waals surface area contributed by atoms with Crippen molar-refractivity contribution in [3.63, 3.8) is 0 Å². The normalized spacial score (nSPS) is 27.8. The van der Waals surface area contributed by atoms with Crippen LogP contribution in [0.3, 0.4) is 0 Å². The van der Waals surface area contributed by atoms with Gasteiger partial charge in [0.25, 0.3) is 5.56 Å². The van der Waals surface area contributed by atoms with Gasteiger partial charge in [-0.05, 0) is 0 Å². The molecule has 0 aromatic carbocycles. The molecule has 0 bridgehead atoms. The number of rotatable bonds is 5. The van der Waals surface area contributed by atoms with Gasteiger partial charge < -0.3 is 26.0 Å². The van der Waals surface area contributed by atoms with Gasteiger partial charge >= 0.3 is 5.69 Å². The van der Waals surface area contributed by atoms with Crippen LogP contribution in [0.2, 0.25) is 0 Å². The molecule has 1 saturated heterocycles. The standard InChI is InChI=1S/C12H18N4O6/c13-3-1-7(18)14-9-10(20)6(5-17)22-11(9)16-4-2-8(19)15-12(16)21/h2,4,6,9-11,17,20H,1,3,5,13H2,(H,14,18)(H,15,19,21). The van der Waals surface area contributed by atoms with Gasteiger partial charge in [0.2, 0.25) is 5.91 Å². The van der Waals surface area contributed by atoms with Gasteiger partial charge in [-0.15, -0.1) is 0 Å². The van der Waals surface area contributed by atoms with E-state index in [0.717, 1.165) is 10.6 Å². The summed E-state index contributed by atoms with van der Waals surface area (Å²) in [7, 11) is 0. The average molecular weight is 314 g/mol. The number of nitrogens with zero attached hydrogens (tertiary/aromatic N) is 1. The van der Waals surface area contributed by atoms with Gasteiger partial charge in [-0.1, -0.05) is 0 Å². The first-order chi connectivity index (χ1) is 10.5. The number of aromatic amines is 1. The van der Waals surface area contributed by atoms with Gasteiger partial charge in [-0.25, -0.2) is 4.79 Å². The maximum absolute atomic E-state index is 11.8. The number of aromatic nitrogens is 2. The van der Waals surface area contributed by atoms with E-state index < -0.39 is 48.2 Å². The monoisotopic (exact) mass is 314 g/mol. The topological polar surface area (TPSA) is 160 Å². The van der Waals surface area contributed by atoms with Crippen molar-refractivity contribution in [3.05, 3.63) is 33.1 Å². The molecule has 0 radical (unpaired) electrons. The van der Waals surface area contributed by atoms with Gasteiger partial charge in [0.05, 0.1) is 6.61 Å². The molecule has 2 heterocycles. The third-order valence-corrected chi connectivity index (χ3v) is 3.37. The zero-order valence-electron chi connectivity index (χ0n) is 11.6. The Morgan fingerprint density at radius 1 is 1.50 bits per heavy atom. The molecule has 22 heavy (non-hydrogen) atoms. The second kappa shape index (κ2) is 6.83. The molecule has 4 unspecified atom stereocenters. The van der Waals surface area contributed by atoms with E-state index in [2.05, 4.69) is 10.3 Å². The zero-order chi connectivity index (χ0) is 16.3. The minimum absolute atomic E-state index is 0.0419. The minimum Gasteiger partial charge on any atom is -0.394 e. The predicted molar refractivity (Wildman–Crippen MR) is 73.9 cm³/mol. The number of carbonyl (C=O) groups is 1. The number of nitrogens with one attached hydrogen (secondary N) is 2. The van der Waals surface area contributed by atoms with Crippen LogP contribution in [0.1, 0.15) is 12.6 Å². The van der Waals surface area contributed by atoms with E-state index in [1.807, 2.05) is 0 Å². The largest absolute Gasteiger partial charge is 0.394 e. The summed E-state index contributed by atoms with van der Waals surface area (Å²) >= 11 is 0. The van der Waals surface area contributed by atoms with Crippen molar-refractivity contribution in [3.8, 4) is 0 Å². The molecule has 1 aliphatic heterocycles. The summed E-state index contributed by atoms with van der Waals surface area (Å²) in [4.78, 5) is 36.7. The Bertz CT molecular complexity index is 641. The molecule has 10 heteroatoms. The Balaban J connectivity index is 2.31. The molecular weight excluding hydrogens is 296 g/mol. The van der Waals surface area contributed by atoms with Gasteiger partial charge in [-0.2, -0.15) is 0 Å². The number of hydrogen-bond donors (Lipinski definition) is 5. The van der Waals surface area contributed by atoms with Crippen LogP contribution in [-0.2, 0) is 9.53 Å². The fourth-order valence-corrected chi connectivity index (χ4v) is 2.31. The molecule has 1 aliphatic rings. The van der Waals surface area contributed by atoms with E-state index in [9.17, 15) is 24.6 Å². The molecule has 1 amide bonds. The molecule has 1 aromatic rings. The van der Waals surface area contributed by atoms with E-state index >= 15 is 0 Å². The molecule has 0 aliphatic carbocycles. The number of aliphatic hydroxyl groups excluding tert-OH is 2. The minimum atomic E-state index is -1.21. The van der Waals surface area contributed by atoms with Gasteiger partial charge in [0, 0.05) is 25.2 Å². The summed E-state index contributed by atoms with van der Waals surface area (Å²) in [5, 5.41) is 21.9. The van der Waals surface area contributed by atoms with Gasteiger partial charge in [0.15, 0.2) is 6.23 Å². The van der Waals surface area contributed by atoms with Crippen LogP contribution in [-0.4, -0.2) is 57.1 Å². The van der Waals surface area contributed by atoms with Crippen molar-refractivity contribution in [1.29, 1.82) is 0 Å². The Morgan fingerprint density at radius 3 is 2.82 bits per heavy atom. The Kier molecular flexibility index (Phi) is 5.08. The maximum Gasteiger partial charge on any atom is 0.330 e. The fourth-order valence-electron chi connectivity index (χ4n) is 2.31. The highest BCUT2D eigenvalue weighted by molar-refractivity contribution is 5.76. The number of hydrogen-bond acceptors (Lipinski definition) is 7. The first-order valence-electron chi connectivity index (χ1n) is 6.73. The van der Waals surface area contributed by atoms with Crippen LogP contribution in [0.15, 0.2) is 21.9 Å². The van der Waals surface area contributed by atoms with E-state index in [1.54, 1.807) is 0 Å². The van der Waals surface area contributed by atoms with Crippen molar-refractivity contribution >= 4 is 5.91 Å².